The van der Waals surface area contributed by atoms with E-state index in [4.69, 9.17) is 4.74 Å². The van der Waals surface area contributed by atoms with Crippen molar-refractivity contribution in [3.63, 3.8) is 0 Å². The van der Waals surface area contributed by atoms with Gasteiger partial charge in [-0.15, -0.1) is 0 Å². The van der Waals surface area contributed by atoms with Crippen LogP contribution in [0.1, 0.15) is 42.0 Å². The number of aliphatic hydroxyl groups is 1. The number of aromatic nitrogens is 2. The lowest BCUT2D eigenvalue weighted by Crippen LogP contribution is -2.24. The largest absolute Gasteiger partial charge is 0.619 e. The number of benzene rings is 2. The third kappa shape index (κ3) is 7.60. The maximum Gasteiger partial charge on any atom is 0.387 e. The summed E-state index contributed by atoms with van der Waals surface area (Å²) in [5.41, 5.74) is 1.61. The molecule has 11 heteroatoms. The number of pyridine rings is 2. The van der Waals surface area contributed by atoms with Crippen molar-refractivity contribution in [2.45, 2.75) is 45.0 Å². The van der Waals surface area contributed by atoms with E-state index in [0.29, 0.717) is 28.0 Å². The van der Waals surface area contributed by atoms with Crippen molar-refractivity contribution in [1.82, 2.24) is 4.98 Å². The summed E-state index contributed by atoms with van der Waals surface area (Å²) in [6, 6.07) is 17.3. The summed E-state index contributed by atoms with van der Waals surface area (Å²) in [5, 5.41) is 21.6. The van der Waals surface area contributed by atoms with Crippen molar-refractivity contribution in [3.8, 4) is 23.1 Å². The fraction of sp³-hybridized carbons (Fsp3) is 0.241. The summed E-state index contributed by atoms with van der Waals surface area (Å²) in [6.07, 6.45) is 4.54. The van der Waals surface area contributed by atoms with E-state index in [1.807, 2.05) is 0 Å². The molecule has 1 atom stereocenters. The Morgan fingerprint density at radius 2 is 1.48 bits per heavy atom. The Balaban J connectivity index is 1.64. The van der Waals surface area contributed by atoms with Crippen LogP contribution in [0.3, 0.4) is 0 Å². The second kappa shape index (κ2) is 12.2. The molecule has 0 fully saturated rings. The van der Waals surface area contributed by atoms with Gasteiger partial charge in [-0.05, 0) is 66.8 Å². The van der Waals surface area contributed by atoms with Crippen LogP contribution < -0.4 is 18.9 Å². The second-order valence-corrected chi connectivity index (χ2v) is 9.40. The van der Waals surface area contributed by atoms with Crippen LogP contribution in [0.25, 0.3) is 0 Å². The Labute approximate surface area is 227 Å². The van der Waals surface area contributed by atoms with Gasteiger partial charge in [-0.3, -0.25) is 0 Å². The maximum atomic E-state index is 13.0. The number of alkyl halides is 4. The molecule has 7 nitrogen and oxygen atoms in total. The first kappa shape index (κ1) is 28.6. The normalized spacial score (nSPS) is 12.4. The van der Waals surface area contributed by atoms with E-state index in [9.17, 15) is 27.9 Å². The highest BCUT2D eigenvalue weighted by Crippen LogP contribution is 2.37. The van der Waals surface area contributed by atoms with Gasteiger partial charge in [0.25, 0.3) is 0 Å². The maximum absolute atomic E-state index is 13.0. The van der Waals surface area contributed by atoms with Gasteiger partial charge in [0.05, 0.1) is 5.60 Å². The fourth-order valence-corrected chi connectivity index (χ4v) is 4.08. The van der Waals surface area contributed by atoms with Crippen molar-refractivity contribution >= 4 is 0 Å². The zero-order valence-electron chi connectivity index (χ0n) is 21.5. The standard InChI is InChI=1S/C29H26F4N2O5/c1-29(2,36)21-5-7-22(8-6-21)38-26-10-4-20(17-34-26)23(15-18-11-13-35(37)14-12-18)19-3-9-24(39-27(30)31)25(16-19)40-28(32)33/h3-14,16-17,23,27-28,36H,15H2,1-2H3. The minimum absolute atomic E-state index is 0.285. The Hall–Kier alpha value is -4.38. The quantitative estimate of drug-likeness (QED) is 0.132. The summed E-state index contributed by atoms with van der Waals surface area (Å²) in [4.78, 5) is 4.37. The number of hydrogen-bond acceptors (Lipinski definition) is 6. The molecule has 0 aliphatic heterocycles. The molecule has 210 valence electrons. The zero-order chi connectivity index (χ0) is 28.9. The van der Waals surface area contributed by atoms with Gasteiger partial charge >= 0.3 is 13.2 Å². The molecule has 0 spiro atoms. The average molecular weight is 559 g/mol. The minimum Gasteiger partial charge on any atom is -0.619 e. The van der Waals surface area contributed by atoms with Gasteiger partial charge in [0.2, 0.25) is 5.88 Å². The predicted octanol–water partition coefficient (Wildman–Crippen LogP) is 6.31. The molecule has 40 heavy (non-hydrogen) atoms. The molecule has 0 aliphatic carbocycles. The number of halogens is 4. The summed E-state index contributed by atoms with van der Waals surface area (Å²) in [5.74, 6) is -0.764. The molecule has 2 aromatic carbocycles. The lowest BCUT2D eigenvalue weighted by atomic mass is 9.87. The van der Waals surface area contributed by atoms with Crippen LogP contribution >= 0.6 is 0 Å². The van der Waals surface area contributed by atoms with E-state index in [-0.39, 0.29) is 5.88 Å². The monoisotopic (exact) mass is 558 g/mol. The lowest BCUT2D eigenvalue weighted by molar-refractivity contribution is -0.605. The van der Waals surface area contributed by atoms with Crippen LogP contribution in [0.15, 0.2) is 85.3 Å². The first-order valence-electron chi connectivity index (χ1n) is 12.2. The number of ether oxygens (including phenoxy) is 3. The van der Waals surface area contributed by atoms with Crippen molar-refractivity contribution in [2.75, 3.05) is 0 Å². The van der Waals surface area contributed by atoms with E-state index in [2.05, 4.69) is 14.5 Å². The summed E-state index contributed by atoms with van der Waals surface area (Å²) < 4.78 is 67.0. The molecule has 4 rings (SSSR count). The van der Waals surface area contributed by atoms with Crippen LogP contribution in [0.4, 0.5) is 17.6 Å². The van der Waals surface area contributed by atoms with E-state index in [0.717, 1.165) is 17.2 Å². The lowest BCUT2D eigenvalue weighted by Gasteiger charge is -2.20. The van der Waals surface area contributed by atoms with Crippen LogP contribution in [0.5, 0.6) is 23.1 Å². The molecule has 1 unspecified atom stereocenters. The molecule has 1 N–H and O–H groups in total. The fourth-order valence-electron chi connectivity index (χ4n) is 4.08. The summed E-state index contributed by atoms with van der Waals surface area (Å²) >= 11 is 0. The van der Waals surface area contributed by atoms with Gasteiger partial charge in [-0.25, -0.2) is 4.98 Å². The van der Waals surface area contributed by atoms with Crippen molar-refractivity contribution in [2.24, 2.45) is 0 Å². The Bertz CT molecular complexity index is 1390. The van der Waals surface area contributed by atoms with Crippen LogP contribution in [0.2, 0.25) is 0 Å². The predicted molar refractivity (Wildman–Crippen MR) is 137 cm³/mol. The minimum atomic E-state index is -3.26. The summed E-state index contributed by atoms with van der Waals surface area (Å²) in [6.45, 7) is -3.14. The molecule has 2 aromatic heterocycles. The topological polar surface area (TPSA) is 87.8 Å². The molecule has 0 aliphatic rings. The Morgan fingerprint density at radius 3 is 2.05 bits per heavy atom. The number of rotatable bonds is 11. The van der Waals surface area contributed by atoms with E-state index in [1.165, 1.54) is 24.5 Å². The molecule has 4 aromatic rings. The van der Waals surface area contributed by atoms with Gasteiger partial charge in [-0.2, -0.15) is 22.3 Å². The first-order chi connectivity index (χ1) is 19.0. The van der Waals surface area contributed by atoms with E-state index in [1.54, 1.807) is 68.6 Å². The molecule has 0 bridgehead atoms. The van der Waals surface area contributed by atoms with Gasteiger partial charge in [0.1, 0.15) is 5.75 Å². The zero-order valence-corrected chi connectivity index (χ0v) is 21.5. The number of hydrogen-bond donors (Lipinski definition) is 1. The second-order valence-electron chi connectivity index (χ2n) is 9.40. The third-order valence-electron chi connectivity index (χ3n) is 6.06. The highest BCUT2D eigenvalue weighted by molar-refractivity contribution is 5.47. The molecule has 0 radical (unpaired) electrons. The molecule has 0 saturated carbocycles. The van der Waals surface area contributed by atoms with Crippen LogP contribution in [-0.4, -0.2) is 23.3 Å². The van der Waals surface area contributed by atoms with E-state index >= 15 is 0 Å². The third-order valence-corrected chi connectivity index (χ3v) is 6.06. The van der Waals surface area contributed by atoms with Crippen molar-refractivity contribution in [3.05, 3.63) is 113 Å². The van der Waals surface area contributed by atoms with Crippen molar-refractivity contribution in [1.29, 1.82) is 0 Å². The van der Waals surface area contributed by atoms with Crippen molar-refractivity contribution < 1.29 is 41.6 Å². The molecule has 0 amide bonds. The number of nitrogens with zero attached hydrogens (tertiary/aromatic N) is 2. The van der Waals surface area contributed by atoms with Gasteiger partial charge < -0.3 is 24.5 Å². The van der Waals surface area contributed by atoms with Crippen LogP contribution in [-0.2, 0) is 12.0 Å². The highest BCUT2D eigenvalue weighted by Gasteiger charge is 2.22. The Kier molecular flexibility index (Phi) is 8.73. The van der Waals surface area contributed by atoms with E-state index < -0.39 is 36.2 Å². The smallest absolute Gasteiger partial charge is 0.387 e. The highest BCUT2D eigenvalue weighted by atomic mass is 19.3. The SMILES string of the molecule is CC(C)(O)c1ccc(Oc2ccc(C(Cc3cc[n+]([O-])cc3)c3ccc(OC(F)F)c(OC(F)F)c3)cn2)cc1. The molecule has 2 heterocycles. The van der Waals surface area contributed by atoms with Crippen LogP contribution in [0, 0.1) is 5.21 Å². The molecule has 0 saturated heterocycles. The summed E-state index contributed by atoms with van der Waals surface area (Å²) in [7, 11) is 0. The first-order valence-corrected chi connectivity index (χ1v) is 12.2. The molecular weight excluding hydrogens is 532 g/mol. The van der Waals surface area contributed by atoms with Gasteiger partial charge in [-0.1, -0.05) is 24.3 Å². The molecular formula is C29H26F4N2O5. The Morgan fingerprint density at radius 1 is 0.850 bits per heavy atom. The average Bonchev–Trinajstić information content (AvgIpc) is 2.89. The van der Waals surface area contributed by atoms with Gasteiger partial charge in [0.15, 0.2) is 23.9 Å². The van der Waals surface area contributed by atoms with Gasteiger partial charge in [0, 0.05) is 30.3 Å².